The Morgan fingerprint density at radius 2 is 2.40 bits per heavy atom. The number of hydrogen-bond donors (Lipinski definition) is 1. The van der Waals surface area contributed by atoms with Crippen molar-refractivity contribution in [1.82, 2.24) is 4.98 Å². The molecule has 1 aromatic heterocycles. The largest absolute Gasteiger partial charge is 0.469 e. The number of ether oxygens (including phenoxy) is 1. The van der Waals surface area contributed by atoms with Crippen molar-refractivity contribution >= 4 is 39.9 Å². The van der Waals surface area contributed by atoms with Gasteiger partial charge in [0.05, 0.1) is 19.2 Å². The molecule has 1 heterocycles. The molecule has 1 N–H and O–H groups in total. The Kier molecular flexibility index (Phi) is 4.51. The number of nitrogens with zero attached hydrogens (tertiary/aromatic N) is 1. The fraction of sp³-hybridized carbons (Fsp3) is 0.375. The third-order valence-electron chi connectivity index (χ3n) is 1.47. The predicted octanol–water partition coefficient (Wildman–Crippen LogP) is 1.04. The van der Waals surface area contributed by atoms with Crippen LogP contribution in [0, 0.1) is 0 Å². The van der Waals surface area contributed by atoms with Crippen molar-refractivity contribution in [1.29, 1.82) is 0 Å². The fourth-order valence-corrected chi connectivity index (χ4v) is 1.61. The number of carbonyl (C=O) groups excluding carboxylic acids is 2. The molecule has 5 nitrogen and oxygen atoms in total. The molecule has 1 amide bonds. The second-order valence-electron chi connectivity index (χ2n) is 2.58. The van der Waals surface area contributed by atoms with Gasteiger partial charge in [0, 0.05) is 5.38 Å². The van der Waals surface area contributed by atoms with E-state index in [0.717, 1.165) is 0 Å². The van der Waals surface area contributed by atoms with Gasteiger partial charge < -0.3 is 10.1 Å². The first-order valence-electron chi connectivity index (χ1n) is 4.02. The Morgan fingerprint density at radius 1 is 1.67 bits per heavy atom. The van der Waals surface area contributed by atoms with E-state index in [4.69, 9.17) is 11.6 Å². The lowest BCUT2D eigenvalue weighted by atomic mass is 10.3. The molecule has 0 radical (unpaired) electrons. The molecule has 0 aliphatic heterocycles. The van der Waals surface area contributed by atoms with Crippen molar-refractivity contribution in [3.63, 3.8) is 0 Å². The SMILES string of the molecule is COC(=O)Cc1csc(NC(=O)CCl)n1. The summed E-state index contributed by atoms with van der Waals surface area (Å²) in [4.78, 5) is 25.8. The van der Waals surface area contributed by atoms with Gasteiger partial charge in [-0.25, -0.2) is 4.98 Å². The molecule has 0 fully saturated rings. The number of nitrogens with one attached hydrogen (secondary N) is 1. The van der Waals surface area contributed by atoms with Gasteiger partial charge in [-0.1, -0.05) is 0 Å². The van der Waals surface area contributed by atoms with E-state index < -0.39 is 0 Å². The maximum Gasteiger partial charge on any atom is 0.311 e. The van der Waals surface area contributed by atoms with Gasteiger partial charge in [-0.05, 0) is 0 Å². The summed E-state index contributed by atoms with van der Waals surface area (Å²) in [6.45, 7) is 0. The number of aromatic nitrogens is 1. The van der Waals surface area contributed by atoms with Gasteiger partial charge in [0.15, 0.2) is 5.13 Å². The van der Waals surface area contributed by atoms with Crippen molar-refractivity contribution in [2.45, 2.75) is 6.42 Å². The Bertz CT molecular complexity index is 334. The predicted molar refractivity (Wildman–Crippen MR) is 57.2 cm³/mol. The van der Waals surface area contributed by atoms with Gasteiger partial charge in [-0.3, -0.25) is 9.59 Å². The molecule has 0 spiro atoms. The summed E-state index contributed by atoms with van der Waals surface area (Å²) < 4.78 is 4.48. The average Bonchev–Trinajstić information content (AvgIpc) is 2.65. The second-order valence-corrected chi connectivity index (χ2v) is 3.70. The van der Waals surface area contributed by atoms with E-state index in [1.807, 2.05) is 0 Å². The smallest absolute Gasteiger partial charge is 0.311 e. The number of rotatable bonds is 4. The summed E-state index contributed by atoms with van der Waals surface area (Å²) in [5, 5.41) is 4.60. The van der Waals surface area contributed by atoms with E-state index in [9.17, 15) is 9.59 Å². The minimum absolute atomic E-state index is 0.101. The molecule has 0 bridgehead atoms. The molecule has 82 valence electrons. The van der Waals surface area contributed by atoms with Crippen molar-refractivity contribution in [2.75, 3.05) is 18.3 Å². The highest BCUT2D eigenvalue weighted by Crippen LogP contribution is 2.15. The summed E-state index contributed by atoms with van der Waals surface area (Å²) in [6, 6.07) is 0. The highest BCUT2D eigenvalue weighted by Gasteiger charge is 2.08. The highest BCUT2D eigenvalue weighted by molar-refractivity contribution is 7.14. The Morgan fingerprint density at radius 3 is 3.00 bits per heavy atom. The normalized spacial score (nSPS) is 9.73. The van der Waals surface area contributed by atoms with Gasteiger partial charge in [0.25, 0.3) is 0 Å². The quantitative estimate of drug-likeness (QED) is 0.639. The average molecular weight is 249 g/mol. The molecular weight excluding hydrogens is 240 g/mol. The van der Waals surface area contributed by atoms with Crippen LogP contribution in [0.1, 0.15) is 5.69 Å². The minimum atomic E-state index is -0.365. The van der Waals surface area contributed by atoms with Crippen molar-refractivity contribution in [2.24, 2.45) is 0 Å². The molecular formula is C8H9ClN2O3S. The molecule has 0 unspecified atom stereocenters. The molecule has 0 atom stereocenters. The van der Waals surface area contributed by atoms with Crippen molar-refractivity contribution in [3.05, 3.63) is 11.1 Å². The van der Waals surface area contributed by atoms with Crippen LogP contribution < -0.4 is 5.32 Å². The first-order valence-corrected chi connectivity index (χ1v) is 5.44. The number of thiazole rings is 1. The first-order chi connectivity index (χ1) is 7.15. The Hall–Kier alpha value is -1.14. The number of esters is 1. The van der Waals surface area contributed by atoms with Crippen LogP contribution in [0.2, 0.25) is 0 Å². The van der Waals surface area contributed by atoms with E-state index in [1.54, 1.807) is 5.38 Å². The van der Waals surface area contributed by atoms with E-state index in [1.165, 1.54) is 18.4 Å². The minimum Gasteiger partial charge on any atom is -0.469 e. The van der Waals surface area contributed by atoms with Crippen LogP contribution in [-0.4, -0.2) is 29.9 Å². The number of alkyl halides is 1. The number of halogens is 1. The summed E-state index contributed by atoms with van der Waals surface area (Å²) in [5.74, 6) is -0.808. The summed E-state index contributed by atoms with van der Waals surface area (Å²) in [5.41, 5.74) is 0.566. The maximum atomic E-state index is 10.9. The van der Waals surface area contributed by atoms with E-state index >= 15 is 0 Å². The molecule has 0 aromatic carbocycles. The third-order valence-corrected chi connectivity index (χ3v) is 2.52. The molecule has 7 heteroatoms. The fourth-order valence-electron chi connectivity index (χ4n) is 0.818. The van der Waals surface area contributed by atoms with Crippen LogP contribution in [0.4, 0.5) is 5.13 Å². The van der Waals surface area contributed by atoms with E-state index in [0.29, 0.717) is 10.8 Å². The molecule has 0 saturated carbocycles. The van der Waals surface area contributed by atoms with Crippen LogP contribution >= 0.6 is 22.9 Å². The standard InChI is InChI=1S/C8H9ClN2O3S/c1-14-7(13)2-5-4-15-8(10-5)11-6(12)3-9/h4H,2-3H2,1H3,(H,10,11,12). The molecule has 1 rings (SSSR count). The van der Waals surface area contributed by atoms with Gasteiger partial charge in [0.1, 0.15) is 5.88 Å². The molecule has 0 aliphatic rings. The molecule has 0 aliphatic carbocycles. The van der Waals surface area contributed by atoms with Gasteiger partial charge in [-0.2, -0.15) is 0 Å². The number of amides is 1. The maximum absolute atomic E-state index is 10.9. The molecule has 1 aromatic rings. The van der Waals surface area contributed by atoms with Crippen molar-refractivity contribution < 1.29 is 14.3 Å². The zero-order valence-electron chi connectivity index (χ0n) is 7.95. The summed E-state index contributed by atoms with van der Waals surface area (Å²) in [6.07, 6.45) is 0.101. The Labute approximate surface area is 95.4 Å². The van der Waals surface area contributed by atoms with E-state index in [-0.39, 0.29) is 24.2 Å². The van der Waals surface area contributed by atoms with Gasteiger partial charge in [0.2, 0.25) is 5.91 Å². The molecule has 15 heavy (non-hydrogen) atoms. The number of hydrogen-bond acceptors (Lipinski definition) is 5. The van der Waals surface area contributed by atoms with Crippen LogP contribution in [0.5, 0.6) is 0 Å². The van der Waals surface area contributed by atoms with Crippen LogP contribution in [0.15, 0.2) is 5.38 Å². The van der Waals surface area contributed by atoms with Crippen molar-refractivity contribution in [3.8, 4) is 0 Å². The lowest BCUT2D eigenvalue weighted by Crippen LogP contribution is -2.12. The number of methoxy groups -OCH3 is 1. The monoisotopic (exact) mass is 248 g/mol. The number of carbonyl (C=O) groups is 2. The zero-order chi connectivity index (χ0) is 11.3. The first kappa shape index (κ1) is 11.9. The lowest BCUT2D eigenvalue weighted by Gasteiger charge is -1.96. The van der Waals surface area contributed by atoms with Crippen LogP contribution in [0.25, 0.3) is 0 Å². The van der Waals surface area contributed by atoms with Crippen LogP contribution in [0.3, 0.4) is 0 Å². The van der Waals surface area contributed by atoms with Crippen LogP contribution in [-0.2, 0) is 20.7 Å². The van der Waals surface area contributed by atoms with Gasteiger partial charge >= 0.3 is 5.97 Å². The highest BCUT2D eigenvalue weighted by atomic mass is 35.5. The zero-order valence-corrected chi connectivity index (χ0v) is 9.52. The number of anilines is 1. The summed E-state index contributed by atoms with van der Waals surface area (Å²) >= 11 is 6.54. The Balaban J connectivity index is 2.56. The summed E-state index contributed by atoms with van der Waals surface area (Å²) in [7, 11) is 1.31. The van der Waals surface area contributed by atoms with E-state index in [2.05, 4.69) is 15.0 Å². The topological polar surface area (TPSA) is 68.3 Å². The molecule has 0 saturated heterocycles. The van der Waals surface area contributed by atoms with Gasteiger partial charge in [-0.15, -0.1) is 22.9 Å². The lowest BCUT2D eigenvalue weighted by molar-refractivity contribution is -0.139. The third kappa shape index (κ3) is 3.85. The second kappa shape index (κ2) is 5.67.